The van der Waals surface area contributed by atoms with E-state index in [-0.39, 0.29) is 5.92 Å². The fourth-order valence-electron chi connectivity index (χ4n) is 1.68. The quantitative estimate of drug-likeness (QED) is 0.810. The minimum atomic E-state index is -4.43. The molecule has 2 aromatic heterocycles. The summed E-state index contributed by atoms with van der Waals surface area (Å²) in [5.74, 6) is 0.289. The van der Waals surface area contributed by atoms with Crippen molar-refractivity contribution in [2.75, 3.05) is 0 Å². The third kappa shape index (κ3) is 3.10. The zero-order valence-corrected chi connectivity index (χ0v) is 10.6. The van der Waals surface area contributed by atoms with Gasteiger partial charge in [0, 0.05) is 23.7 Å². The Morgan fingerprint density at radius 2 is 1.74 bits per heavy atom. The van der Waals surface area contributed by atoms with E-state index in [1.165, 1.54) is 0 Å². The summed E-state index contributed by atoms with van der Waals surface area (Å²) < 4.78 is 37.7. The molecule has 19 heavy (non-hydrogen) atoms. The molecule has 0 N–H and O–H groups in total. The molecule has 0 amide bonds. The first-order valence-electron chi connectivity index (χ1n) is 5.87. The van der Waals surface area contributed by atoms with Crippen molar-refractivity contribution in [3.63, 3.8) is 0 Å². The van der Waals surface area contributed by atoms with Gasteiger partial charge in [-0.1, -0.05) is 19.9 Å². The van der Waals surface area contributed by atoms with Crippen molar-refractivity contribution in [1.82, 2.24) is 9.97 Å². The van der Waals surface area contributed by atoms with Crippen LogP contribution in [0.4, 0.5) is 13.2 Å². The number of nitrogens with zero attached hydrogens (tertiary/aromatic N) is 2. The van der Waals surface area contributed by atoms with Gasteiger partial charge in [0.15, 0.2) is 0 Å². The molecule has 0 aliphatic heterocycles. The molecule has 0 spiro atoms. The molecule has 0 bridgehead atoms. The lowest BCUT2D eigenvalue weighted by atomic mass is 10.1. The number of pyridine rings is 2. The molecule has 0 fully saturated rings. The highest BCUT2D eigenvalue weighted by Gasteiger charge is 2.32. The van der Waals surface area contributed by atoms with Gasteiger partial charge in [0.05, 0.1) is 0 Å². The van der Waals surface area contributed by atoms with Crippen LogP contribution in [0.5, 0.6) is 0 Å². The van der Waals surface area contributed by atoms with Crippen molar-refractivity contribution in [2.24, 2.45) is 0 Å². The SMILES string of the molecule is CC(C)c1ccc(-c2ccnc(C(F)(F)F)c2)cn1. The topological polar surface area (TPSA) is 25.8 Å². The lowest BCUT2D eigenvalue weighted by molar-refractivity contribution is -0.141. The molecule has 0 saturated heterocycles. The van der Waals surface area contributed by atoms with Crippen LogP contribution in [0.2, 0.25) is 0 Å². The van der Waals surface area contributed by atoms with Crippen LogP contribution in [0.25, 0.3) is 11.1 Å². The number of rotatable bonds is 2. The van der Waals surface area contributed by atoms with Gasteiger partial charge in [-0.2, -0.15) is 13.2 Å². The van der Waals surface area contributed by atoms with E-state index in [2.05, 4.69) is 9.97 Å². The van der Waals surface area contributed by atoms with E-state index in [4.69, 9.17) is 0 Å². The zero-order chi connectivity index (χ0) is 14.0. The van der Waals surface area contributed by atoms with E-state index in [9.17, 15) is 13.2 Å². The van der Waals surface area contributed by atoms with Gasteiger partial charge >= 0.3 is 6.18 Å². The number of halogens is 3. The van der Waals surface area contributed by atoms with Gasteiger partial charge in [0.1, 0.15) is 5.69 Å². The summed E-state index contributed by atoms with van der Waals surface area (Å²) in [6, 6.07) is 6.18. The smallest absolute Gasteiger partial charge is 0.260 e. The molecule has 0 atom stereocenters. The second-order valence-corrected chi connectivity index (χ2v) is 4.55. The van der Waals surface area contributed by atoms with E-state index in [1.807, 2.05) is 19.9 Å². The molecule has 2 heterocycles. The van der Waals surface area contributed by atoms with Gasteiger partial charge in [-0.05, 0) is 29.7 Å². The number of hydrogen-bond donors (Lipinski definition) is 0. The van der Waals surface area contributed by atoms with Crippen molar-refractivity contribution in [3.8, 4) is 11.1 Å². The largest absolute Gasteiger partial charge is 0.433 e. The average Bonchev–Trinajstić information content (AvgIpc) is 2.38. The molecule has 0 aliphatic carbocycles. The first kappa shape index (κ1) is 13.5. The summed E-state index contributed by atoms with van der Waals surface area (Å²) in [5, 5.41) is 0. The van der Waals surface area contributed by atoms with Crippen LogP contribution in [0, 0.1) is 0 Å². The van der Waals surface area contributed by atoms with E-state index >= 15 is 0 Å². The molecule has 100 valence electrons. The van der Waals surface area contributed by atoms with Gasteiger partial charge in [-0.3, -0.25) is 9.97 Å². The second kappa shape index (κ2) is 4.99. The molecule has 2 rings (SSSR count). The van der Waals surface area contributed by atoms with Crippen LogP contribution in [-0.2, 0) is 6.18 Å². The van der Waals surface area contributed by atoms with E-state index in [1.54, 1.807) is 18.3 Å². The molecule has 0 radical (unpaired) electrons. The molecule has 0 saturated carbocycles. The Morgan fingerprint density at radius 1 is 1.00 bits per heavy atom. The first-order valence-corrected chi connectivity index (χ1v) is 5.87. The summed E-state index contributed by atoms with van der Waals surface area (Å²) >= 11 is 0. The van der Waals surface area contributed by atoms with Gasteiger partial charge in [-0.15, -0.1) is 0 Å². The fourth-order valence-corrected chi connectivity index (χ4v) is 1.68. The highest BCUT2D eigenvalue weighted by molar-refractivity contribution is 5.62. The predicted octanol–water partition coefficient (Wildman–Crippen LogP) is 4.29. The Morgan fingerprint density at radius 3 is 2.26 bits per heavy atom. The molecule has 2 nitrogen and oxygen atoms in total. The number of hydrogen-bond acceptors (Lipinski definition) is 2. The normalized spacial score (nSPS) is 11.9. The van der Waals surface area contributed by atoms with Crippen LogP contribution >= 0.6 is 0 Å². The molecule has 0 unspecified atom stereocenters. The van der Waals surface area contributed by atoms with Crippen LogP contribution in [-0.4, -0.2) is 9.97 Å². The number of aromatic nitrogens is 2. The maximum Gasteiger partial charge on any atom is 0.433 e. The maximum absolute atomic E-state index is 12.6. The standard InChI is InChI=1S/C14H13F3N2/c1-9(2)12-4-3-11(8-19-12)10-5-6-18-13(7-10)14(15,16)17/h3-9H,1-2H3. The Bertz CT molecular complexity index is 560. The molecule has 5 heteroatoms. The Labute approximate surface area is 109 Å². The summed E-state index contributed by atoms with van der Waals surface area (Å²) in [6.45, 7) is 4.02. The van der Waals surface area contributed by atoms with Crippen molar-refractivity contribution in [2.45, 2.75) is 25.9 Å². The van der Waals surface area contributed by atoms with Crippen LogP contribution < -0.4 is 0 Å². The minimum Gasteiger partial charge on any atom is -0.260 e. The Hall–Kier alpha value is -1.91. The van der Waals surface area contributed by atoms with Crippen molar-refractivity contribution in [1.29, 1.82) is 0 Å². The van der Waals surface area contributed by atoms with Crippen LogP contribution in [0.15, 0.2) is 36.7 Å². The second-order valence-electron chi connectivity index (χ2n) is 4.55. The van der Waals surface area contributed by atoms with Crippen LogP contribution in [0.3, 0.4) is 0 Å². The number of alkyl halides is 3. The van der Waals surface area contributed by atoms with Gasteiger partial charge in [-0.25, -0.2) is 0 Å². The first-order chi connectivity index (χ1) is 8.88. The third-order valence-electron chi connectivity index (χ3n) is 2.76. The van der Waals surface area contributed by atoms with E-state index in [0.717, 1.165) is 18.0 Å². The lowest BCUT2D eigenvalue weighted by Crippen LogP contribution is -2.07. The molecule has 0 aromatic carbocycles. The fraction of sp³-hybridized carbons (Fsp3) is 0.286. The molecular weight excluding hydrogens is 253 g/mol. The molecule has 2 aromatic rings. The minimum absolute atomic E-state index is 0.289. The summed E-state index contributed by atoms with van der Waals surface area (Å²) in [5.41, 5.74) is 1.13. The van der Waals surface area contributed by atoms with Gasteiger partial charge in [0.25, 0.3) is 0 Å². The van der Waals surface area contributed by atoms with Gasteiger partial charge < -0.3 is 0 Å². The van der Waals surface area contributed by atoms with Crippen molar-refractivity contribution in [3.05, 3.63) is 48.0 Å². The van der Waals surface area contributed by atoms with Crippen molar-refractivity contribution >= 4 is 0 Å². The predicted molar refractivity (Wildman–Crippen MR) is 66.6 cm³/mol. The zero-order valence-electron chi connectivity index (χ0n) is 10.6. The summed E-state index contributed by atoms with van der Waals surface area (Å²) in [7, 11) is 0. The third-order valence-corrected chi connectivity index (χ3v) is 2.76. The monoisotopic (exact) mass is 266 g/mol. The van der Waals surface area contributed by atoms with E-state index in [0.29, 0.717) is 11.1 Å². The molecule has 0 aliphatic rings. The maximum atomic E-state index is 12.6. The summed E-state index contributed by atoms with van der Waals surface area (Å²) in [6.07, 6.45) is -1.68. The summed E-state index contributed by atoms with van der Waals surface area (Å²) in [4.78, 5) is 7.58. The molecular formula is C14H13F3N2. The highest BCUT2D eigenvalue weighted by atomic mass is 19.4. The average molecular weight is 266 g/mol. The Balaban J connectivity index is 2.37. The van der Waals surface area contributed by atoms with Crippen molar-refractivity contribution < 1.29 is 13.2 Å². The highest BCUT2D eigenvalue weighted by Crippen LogP contribution is 2.30. The van der Waals surface area contributed by atoms with Gasteiger partial charge in [0.2, 0.25) is 0 Å². The lowest BCUT2D eigenvalue weighted by Gasteiger charge is -2.09. The Kier molecular flexibility index (Phi) is 3.55. The van der Waals surface area contributed by atoms with Crippen LogP contribution in [0.1, 0.15) is 31.2 Å². The van der Waals surface area contributed by atoms with E-state index < -0.39 is 11.9 Å².